The Morgan fingerprint density at radius 2 is 2.13 bits per heavy atom. The van der Waals surface area contributed by atoms with Crippen molar-refractivity contribution in [3.8, 4) is 0 Å². The number of nitrogen functional groups attached to an aromatic ring is 1. The second-order valence-corrected chi connectivity index (χ2v) is 3.37. The van der Waals surface area contributed by atoms with Crippen LogP contribution >= 0.6 is 12.2 Å². The maximum Gasteiger partial charge on any atom is 0.200 e. The predicted molar refractivity (Wildman–Crippen MR) is 62.8 cm³/mol. The van der Waals surface area contributed by atoms with Gasteiger partial charge in [0.05, 0.1) is 5.56 Å². The van der Waals surface area contributed by atoms with E-state index in [9.17, 15) is 4.79 Å². The summed E-state index contributed by atoms with van der Waals surface area (Å²) in [6.45, 7) is 5.52. The van der Waals surface area contributed by atoms with E-state index < -0.39 is 0 Å². The number of aromatic nitrogens is 2. The smallest absolute Gasteiger partial charge is 0.200 e. The highest BCUT2D eigenvalue weighted by atomic mass is 32.1. The first-order chi connectivity index (χ1) is 7.13. The number of aromatic amines is 1. The maximum absolute atomic E-state index is 10.9. The number of anilines is 2. The lowest BCUT2D eigenvalue weighted by atomic mass is 10.3. The van der Waals surface area contributed by atoms with Crippen molar-refractivity contribution in [1.29, 1.82) is 0 Å². The molecule has 0 spiro atoms. The molecule has 0 bridgehead atoms. The van der Waals surface area contributed by atoms with Crippen molar-refractivity contribution in [2.24, 2.45) is 0 Å². The van der Waals surface area contributed by atoms with E-state index in [0.29, 0.717) is 17.7 Å². The van der Waals surface area contributed by atoms with Crippen LogP contribution in [0.4, 0.5) is 11.8 Å². The number of hydrogen-bond acceptors (Lipinski definition) is 5. The number of nitrogens with one attached hydrogen (secondary N) is 1. The molecular weight excluding hydrogens is 212 g/mol. The number of carbonyl (C=O) groups is 1. The number of nitrogens with two attached hydrogens (primary N) is 1. The number of nitrogens with zero attached hydrogens (tertiary/aromatic N) is 2. The van der Waals surface area contributed by atoms with Gasteiger partial charge in [-0.2, -0.15) is 0 Å². The highest BCUT2D eigenvalue weighted by molar-refractivity contribution is 7.71. The highest BCUT2D eigenvalue weighted by Gasteiger charge is 2.11. The molecule has 0 atom stereocenters. The van der Waals surface area contributed by atoms with Crippen LogP contribution in [0.5, 0.6) is 0 Å². The zero-order valence-corrected chi connectivity index (χ0v) is 9.60. The average Bonchev–Trinajstić information content (AvgIpc) is 2.19. The minimum Gasteiger partial charge on any atom is -0.369 e. The third-order valence-electron chi connectivity index (χ3n) is 2.15. The van der Waals surface area contributed by atoms with Gasteiger partial charge in [0, 0.05) is 13.1 Å². The van der Waals surface area contributed by atoms with Crippen molar-refractivity contribution < 1.29 is 4.79 Å². The van der Waals surface area contributed by atoms with Gasteiger partial charge in [-0.15, -0.1) is 0 Å². The van der Waals surface area contributed by atoms with E-state index in [-0.39, 0.29) is 10.6 Å². The molecule has 0 fully saturated rings. The fraction of sp³-hybridized carbons (Fsp3) is 0.444. The summed E-state index contributed by atoms with van der Waals surface area (Å²) in [7, 11) is 0. The van der Waals surface area contributed by atoms with Crippen LogP contribution in [0.25, 0.3) is 0 Å². The van der Waals surface area contributed by atoms with Gasteiger partial charge in [0.1, 0.15) is 10.5 Å². The molecule has 1 aromatic heterocycles. The second kappa shape index (κ2) is 4.88. The summed E-state index contributed by atoms with van der Waals surface area (Å²) in [5.41, 5.74) is 5.95. The Balaban J connectivity index is 3.37. The third kappa shape index (κ3) is 2.33. The van der Waals surface area contributed by atoms with E-state index in [2.05, 4.69) is 9.97 Å². The van der Waals surface area contributed by atoms with Crippen LogP contribution in [0.15, 0.2) is 0 Å². The molecule has 0 aromatic carbocycles. The van der Waals surface area contributed by atoms with Crippen molar-refractivity contribution in [2.45, 2.75) is 13.8 Å². The Kier molecular flexibility index (Phi) is 3.79. The van der Waals surface area contributed by atoms with Crippen molar-refractivity contribution in [1.82, 2.24) is 9.97 Å². The van der Waals surface area contributed by atoms with Crippen LogP contribution in [-0.4, -0.2) is 29.3 Å². The summed E-state index contributed by atoms with van der Waals surface area (Å²) in [6, 6.07) is 0. The topological polar surface area (TPSA) is 75.0 Å². The molecule has 1 rings (SSSR count). The molecule has 0 saturated heterocycles. The van der Waals surface area contributed by atoms with Gasteiger partial charge in [-0.05, 0) is 13.8 Å². The quantitative estimate of drug-likeness (QED) is 0.599. The first kappa shape index (κ1) is 11.6. The summed E-state index contributed by atoms with van der Waals surface area (Å²) in [6.07, 6.45) is 0.707. The van der Waals surface area contributed by atoms with Gasteiger partial charge in [-0.3, -0.25) is 4.79 Å². The van der Waals surface area contributed by atoms with Gasteiger partial charge in [-0.1, -0.05) is 12.2 Å². The van der Waals surface area contributed by atoms with Crippen molar-refractivity contribution >= 4 is 30.3 Å². The van der Waals surface area contributed by atoms with Crippen molar-refractivity contribution in [3.05, 3.63) is 10.2 Å². The minimum atomic E-state index is 0.229. The number of hydrogen-bond donors (Lipinski definition) is 2. The molecular formula is C9H14N4OS. The lowest BCUT2D eigenvalue weighted by Crippen LogP contribution is -2.25. The maximum atomic E-state index is 10.9. The molecule has 15 heavy (non-hydrogen) atoms. The van der Waals surface area contributed by atoms with Crippen LogP contribution in [0.1, 0.15) is 24.2 Å². The molecule has 5 nitrogen and oxygen atoms in total. The predicted octanol–water partition coefficient (Wildman–Crippen LogP) is 1.38. The lowest BCUT2D eigenvalue weighted by Gasteiger charge is -2.22. The van der Waals surface area contributed by atoms with E-state index >= 15 is 0 Å². The van der Waals surface area contributed by atoms with E-state index in [1.165, 1.54) is 0 Å². The molecule has 3 N–H and O–H groups in total. The third-order valence-corrected chi connectivity index (χ3v) is 2.46. The zero-order valence-electron chi connectivity index (χ0n) is 8.78. The molecule has 0 aliphatic rings. The second-order valence-electron chi connectivity index (χ2n) is 2.98. The molecule has 82 valence electrons. The van der Waals surface area contributed by atoms with Crippen LogP contribution in [-0.2, 0) is 0 Å². The molecule has 0 amide bonds. The molecule has 6 heteroatoms. The molecule has 0 aliphatic heterocycles. The minimum absolute atomic E-state index is 0.229. The monoisotopic (exact) mass is 226 g/mol. The van der Waals surface area contributed by atoms with Gasteiger partial charge >= 0.3 is 0 Å². The summed E-state index contributed by atoms with van der Waals surface area (Å²) >= 11 is 4.97. The van der Waals surface area contributed by atoms with Crippen LogP contribution < -0.4 is 10.6 Å². The van der Waals surface area contributed by atoms with Gasteiger partial charge in [-0.25, -0.2) is 4.98 Å². The van der Waals surface area contributed by atoms with Crippen LogP contribution in [0.2, 0.25) is 0 Å². The number of H-pyrrole nitrogens is 1. The van der Waals surface area contributed by atoms with Gasteiger partial charge in [0.15, 0.2) is 12.2 Å². The Morgan fingerprint density at radius 1 is 1.53 bits per heavy atom. The van der Waals surface area contributed by atoms with Crippen LogP contribution in [0.3, 0.4) is 0 Å². The Morgan fingerprint density at radius 3 is 2.60 bits per heavy atom. The number of carbonyl (C=O) groups excluding carboxylic acids is 1. The van der Waals surface area contributed by atoms with E-state index in [1.54, 1.807) is 0 Å². The molecule has 0 radical (unpaired) electrons. The van der Waals surface area contributed by atoms with Crippen LogP contribution in [0, 0.1) is 4.64 Å². The summed E-state index contributed by atoms with van der Waals surface area (Å²) in [4.78, 5) is 19.6. The fourth-order valence-corrected chi connectivity index (χ4v) is 1.63. The summed E-state index contributed by atoms with van der Waals surface area (Å²) in [5, 5.41) is 0. The highest BCUT2D eigenvalue weighted by Crippen LogP contribution is 2.17. The Labute approximate surface area is 93.3 Å². The summed E-state index contributed by atoms with van der Waals surface area (Å²) < 4.78 is 0.239. The lowest BCUT2D eigenvalue weighted by molar-refractivity contribution is 0.112. The van der Waals surface area contributed by atoms with E-state index in [4.69, 9.17) is 18.0 Å². The zero-order chi connectivity index (χ0) is 11.4. The van der Waals surface area contributed by atoms with Crippen molar-refractivity contribution in [3.63, 3.8) is 0 Å². The molecule has 1 heterocycles. The molecule has 0 saturated carbocycles. The number of aldehydes is 1. The molecule has 0 aliphatic carbocycles. The molecule has 0 unspecified atom stereocenters. The van der Waals surface area contributed by atoms with Gasteiger partial charge in [0.25, 0.3) is 0 Å². The Bertz CT molecular complexity index is 411. The fourth-order valence-electron chi connectivity index (χ4n) is 1.38. The normalized spacial score (nSPS) is 10.0. The standard InChI is InChI=1S/C9H14N4OS/c1-3-13(4-2)7-6(5-14)8(15)12-9(10)11-7/h5H,3-4H2,1-2H3,(H3,10,11,12,15). The first-order valence-corrected chi connectivity index (χ1v) is 5.14. The SMILES string of the molecule is CCN(CC)c1[nH]c(N)nc(=S)c1C=O. The van der Waals surface area contributed by atoms with Crippen molar-refractivity contribution in [2.75, 3.05) is 23.7 Å². The number of rotatable bonds is 4. The largest absolute Gasteiger partial charge is 0.369 e. The van der Waals surface area contributed by atoms with E-state index in [0.717, 1.165) is 13.1 Å². The molecule has 1 aromatic rings. The van der Waals surface area contributed by atoms with E-state index in [1.807, 2.05) is 18.7 Å². The van der Waals surface area contributed by atoms with Gasteiger partial charge < -0.3 is 15.6 Å². The Hall–Kier alpha value is -1.43. The summed E-state index contributed by atoms with van der Waals surface area (Å²) in [5.74, 6) is 0.875. The van der Waals surface area contributed by atoms with Gasteiger partial charge in [0.2, 0.25) is 0 Å². The average molecular weight is 226 g/mol. The first-order valence-electron chi connectivity index (χ1n) is 4.73.